The smallest absolute Gasteiger partial charge is 0.338 e. The Hall–Kier alpha value is -3.73. The Morgan fingerprint density at radius 2 is 1.29 bits per heavy atom. The average Bonchev–Trinajstić information content (AvgIpc) is 2.99. The zero-order chi connectivity index (χ0) is 19.7. The largest absolute Gasteiger partial charge is 0.462 e. The number of hydrogen-bond acceptors (Lipinski definition) is 4. The molecule has 0 N–H and O–H groups in total. The summed E-state index contributed by atoms with van der Waals surface area (Å²) in [4.78, 5) is 38.1. The summed E-state index contributed by atoms with van der Waals surface area (Å²) in [6, 6.07) is 21.1. The number of fused-ring (bicyclic) bond motifs is 1. The van der Waals surface area contributed by atoms with Crippen molar-refractivity contribution in [3.8, 4) is 11.1 Å². The van der Waals surface area contributed by atoms with Crippen molar-refractivity contribution in [2.45, 2.75) is 6.92 Å². The first-order valence-corrected chi connectivity index (χ1v) is 8.95. The van der Waals surface area contributed by atoms with E-state index < -0.39 is 0 Å². The fourth-order valence-corrected chi connectivity index (χ4v) is 3.24. The molecule has 28 heavy (non-hydrogen) atoms. The van der Waals surface area contributed by atoms with E-state index in [1.807, 2.05) is 24.3 Å². The standard InChI is InChI=1S/C23H17NO4/c1-2-28-23(27)17-9-7-15(8-10-17)16-11-13-18(14-12-16)24-21(25)19-5-3-4-6-20(19)22(24)26/h3-14H,2H2,1H3. The van der Waals surface area contributed by atoms with E-state index in [9.17, 15) is 14.4 Å². The molecule has 3 aromatic carbocycles. The highest BCUT2D eigenvalue weighted by molar-refractivity contribution is 6.34. The fraction of sp³-hybridized carbons (Fsp3) is 0.0870. The highest BCUT2D eigenvalue weighted by Crippen LogP contribution is 2.30. The van der Waals surface area contributed by atoms with Gasteiger partial charge < -0.3 is 4.74 Å². The maximum Gasteiger partial charge on any atom is 0.338 e. The molecule has 0 saturated carbocycles. The molecule has 1 aliphatic heterocycles. The number of rotatable bonds is 4. The van der Waals surface area contributed by atoms with Gasteiger partial charge in [-0.3, -0.25) is 9.59 Å². The van der Waals surface area contributed by atoms with Gasteiger partial charge in [0, 0.05) is 0 Å². The first kappa shape index (κ1) is 17.7. The molecule has 5 heteroatoms. The Labute approximate surface area is 162 Å². The minimum absolute atomic E-state index is 0.313. The second kappa shape index (κ2) is 7.12. The molecule has 0 radical (unpaired) electrons. The maximum atomic E-state index is 12.6. The SMILES string of the molecule is CCOC(=O)c1ccc(-c2ccc(N3C(=O)c4ccccc4C3=O)cc2)cc1. The van der Waals surface area contributed by atoms with Crippen LogP contribution < -0.4 is 4.90 Å². The van der Waals surface area contributed by atoms with E-state index in [-0.39, 0.29) is 17.8 Å². The van der Waals surface area contributed by atoms with Crippen molar-refractivity contribution < 1.29 is 19.1 Å². The molecule has 0 aliphatic carbocycles. The number of amides is 2. The highest BCUT2D eigenvalue weighted by Gasteiger charge is 2.36. The summed E-state index contributed by atoms with van der Waals surface area (Å²) in [7, 11) is 0. The summed E-state index contributed by atoms with van der Waals surface area (Å²) in [5, 5.41) is 0. The van der Waals surface area contributed by atoms with Crippen LogP contribution in [0.5, 0.6) is 0 Å². The molecule has 2 amide bonds. The molecule has 0 fully saturated rings. The van der Waals surface area contributed by atoms with Crippen molar-refractivity contribution in [2.24, 2.45) is 0 Å². The van der Waals surface area contributed by atoms with Gasteiger partial charge in [0.2, 0.25) is 0 Å². The van der Waals surface area contributed by atoms with Crippen molar-refractivity contribution >= 4 is 23.5 Å². The molecule has 1 heterocycles. The van der Waals surface area contributed by atoms with Crippen LogP contribution in [0.1, 0.15) is 38.0 Å². The third-order valence-electron chi connectivity index (χ3n) is 4.65. The van der Waals surface area contributed by atoms with Gasteiger partial charge in [-0.1, -0.05) is 36.4 Å². The van der Waals surface area contributed by atoms with Crippen LogP contribution in [0.3, 0.4) is 0 Å². The number of carbonyl (C=O) groups excluding carboxylic acids is 3. The zero-order valence-electron chi connectivity index (χ0n) is 15.2. The van der Waals surface area contributed by atoms with Gasteiger partial charge in [-0.05, 0) is 54.4 Å². The lowest BCUT2D eigenvalue weighted by molar-refractivity contribution is 0.0526. The summed E-state index contributed by atoms with van der Waals surface area (Å²) >= 11 is 0. The molecule has 5 nitrogen and oxygen atoms in total. The predicted octanol–water partition coefficient (Wildman–Crippen LogP) is 4.33. The number of benzene rings is 3. The molecule has 0 unspecified atom stereocenters. The van der Waals surface area contributed by atoms with E-state index in [1.165, 1.54) is 4.90 Å². The Balaban J connectivity index is 1.58. The molecular weight excluding hydrogens is 354 g/mol. The monoisotopic (exact) mass is 371 g/mol. The zero-order valence-corrected chi connectivity index (χ0v) is 15.2. The van der Waals surface area contributed by atoms with Gasteiger partial charge >= 0.3 is 5.97 Å². The average molecular weight is 371 g/mol. The Morgan fingerprint density at radius 1 is 0.786 bits per heavy atom. The lowest BCUT2D eigenvalue weighted by Crippen LogP contribution is -2.29. The Kier molecular flexibility index (Phi) is 4.49. The second-order valence-corrected chi connectivity index (χ2v) is 6.34. The summed E-state index contributed by atoms with van der Waals surface area (Å²) in [5.74, 6) is -0.977. The molecule has 0 saturated heterocycles. The maximum absolute atomic E-state index is 12.6. The number of carbonyl (C=O) groups is 3. The summed E-state index contributed by atoms with van der Waals surface area (Å²) in [6.45, 7) is 2.10. The normalized spacial score (nSPS) is 12.8. The van der Waals surface area contributed by atoms with Crippen LogP contribution in [-0.4, -0.2) is 24.4 Å². The first-order chi connectivity index (χ1) is 13.6. The molecule has 0 aromatic heterocycles. The van der Waals surface area contributed by atoms with Crippen LogP contribution >= 0.6 is 0 Å². The van der Waals surface area contributed by atoms with Gasteiger partial charge in [-0.15, -0.1) is 0 Å². The van der Waals surface area contributed by atoms with Crippen molar-refractivity contribution in [2.75, 3.05) is 11.5 Å². The molecule has 0 spiro atoms. The van der Waals surface area contributed by atoms with Gasteiger partial charge in [0.15, 0.2) is 0 Å². The summed E-state index contributed by atoms with van der Waals surface area (Å²) < 4.78 is 4.98. The lowest BCUT2D eigenvalue weighted by atomic mass is 10.0. The quantitative estimate of drug-likeness (QED) is 0.506. The fourth-order valence-electron chi connectivity index (χ4n) is 3.24. The van der Waals surface area contributed by atoms with E-state index in [0.29, 0.717) is 29.0 Å². The van der Waals surface area contributed by atoms with E-state index in [2.05, 4.69) is 0 Å². The molecule has 4 rings (SSSR count). The molecule has 1 aliphatic rings. The van der Waals surface area contributed by atoms with E-state index in [1.54, 1.807) is 55.5 Å². The lowest BCUT2D eigenvalue weighted by Gasteiger charge is -2.14. The van der Waals surface area contributed by atoms with Crippen LogP contribution in [0.4, 0.5) is 5.69 Å². The third kappa shape index (κ3) is 2.97. The number of hydrogen-bond donors (Lipinski definition) is 0. The molecular formula is C23H17NO4. The van der Waals surface area contributed by atoms with Crippen LogP contribution in [0.15, 0.2) is 72.8 Å². The van der Waals surface area contributed by atoms with E-state index in [4.69, 9.17) is 4.74 Å². The summed E-state index contributed by atoms with van der Waals surface area (Å²) in [5.41, 5.74) is 3.70. The van der Waals surface area contributed by atoms with Crippen LogP contribution in [0.25, 0.3) is 11.1 Å². The van der Waals surface area contributed by atoms with Gasteiger partial charge in [-0.25, -0.2) is 9.69 Å². The number of esters is 1. The molecule has 138 valence electrons. The van der Waals surface area contributed by atoms with Crippen molar-refractivity contribution in [3.63, 3.8) is 0 Å². The highest BCUT2D eigenvalue weighted by atomic mass is 16.5. The minimum Gasteiger partial charge on any atom is -0.462 e. The van der Waals surface area contributed by atoms with E-state index in [0.717, 1.165) is 11.1 Å². The van der Waals surface area contributed by atoms with Gasteiger partial charge in [-0.2, -0.15) is 0 Å². The van der Waals surface area contributed by atoms with Crippen molar-refractivity contribution in [1.82, 2.24) is 0 Å². The molecule has 3 aromatic rings. The Morgan fingerprint density at radius 3 is 1.79 bits per heavy atom. The Bertz CT molecular complexity index is 1030. The second-order valence-electron chi connectivity index (χ2n) is 6.34. The topological polar surface area (TPSA) is 63.7 Å². The van der Waals surface area contributed by atoms with Crippen LogP contribution in [-0.2, 0) is 4.74 Å². The first-order valence-electron chi connectivity index (χ1n) is 8.95. The van der Waals surface area contributed by atoms with Gasteiger partial charge in [0.25, 0.3) is 11.8 Å². The van der Waals surface area contributed by atoms with Gasteiger partial charge in [0.1, 0.15) is 0 Å². The molecule has 0 atom stereocenters. The van der Waals surface area contributed by atoms with Crippen molar-refractivity contribution in [1.29, 1.82) is 0 Å². The molecule has 0 bridgehead atoms. The number of imide groups is 1. The number of ether oxygens (including phenoxy) is 1. The third-order valence-corrected chi connectivity index (χ3v) is 4.65. The van der Waals surface area contributed by atoms with Crippen molar-refractivity contribution in [3.05, 3.63) is 89.5 Å². The predicted molar refractivity (Wildman–Crippen MR) is 105 cm³/mol. The van der Waals surface area contributed by atoms with Crippen LogP contribution in [0, 0.1) is 0 Å². The summed E-state index contributed by atoms with van der Waals surface area (Å²) in [6.07, 6.45) is 0. The number of nitrogens with zero attached hydrogens (tertiary/aromatic N) is 1. The minimum atomic E-state index is -0.352. The number of anilines is 1. The van der Waals surface area contributed by atoms with Gasteiger partial charge in [0.05, 0.1) is 29.0 Å². The van der Waals surface area contributed by atoms with Crippen LogP contribution in [0.2, 0.25) is 0 Å². The van der Waals surface area contributed by atoms with E-state index >= 15 is 0 Å².